The van der Waals surface area contributed by atoms with Crippen LogP contribution in [-0.4, -0.2) is 63.9 Å². The Morgan fingerprint density at radius 1 is 1.02 bits per heavy atom. The van der Waals surface area contributed by atoms with E-state index in [1.807, 2.05) is 25.1 Å². The second-order valence-electron chi connectivity index (χ2n) is 13.5. The number of aldehydes is 1. The summed E-state index contributed by atoms with van der Waals surface area (Å²) >= 11 is 6.35. The van der Waals surface area contributed by atoms with Crippen molar-refractivity contribution in [3.63, 3.8) is 0 Å². The smallest absolute Gasteiger partial charge is 0.264 e. The van der Waals surface area contributed by atoms with Gasteiger partial charge in [-0.1, -0.05) is 31.0 Å². The second-order valence-corrected chi connectivity index (χ2v) is 16.0. The molecule has 6 rings (SSSR count). The average Bonchev–Trinajstić information content (AvgIpc) is 3.05. The van der Waals surface area contributed by atoms with Crippen LogP contribution in [0.1, 0.15) is 80.3 Å². The van der Waals surface area contributed by atoms with Crippen LogP contribution in [0.2, 0.25) is 5.02 Å². The Hall–Kier alpha value is -2.66. The summed E-state index contributed by atoms with van der Waals surface area (Å²) in [6.45, 7) is 6.08. The van der Waals surface area contributed by atoms with Gasteiger partial charge in [0.2, 0.25) is 10.0 Å². The van der Waals surface area contributed by atoms with E-state index in [1.54, 1.807) is 25.1 Å². The first-order chi connectivity index (χ1) is 22.1. The number of sulfonamides is 1. The first-order valence-corrected chi connectivity index (χ1v) is 18.6. The molecule has 1 spiro atoms. The van der Waals surface area contributed by atoms with Gasteiger partial charge in [0.05, 0.1) is 24.2 Å². The van der Waals surface area contributed by atoms with E-state index in [1.165, 1.54) is 0 Å². The van der Waals surface area contributed by atoms with Gasteiger partial charge in [0.15, 0.2) is 6.29 Å². The van der Waals surface area contributed by atoms with Crippen LogP contribution in [0, 0.1) is 17.8 Å². The molecule has 0 unspecified atom stereocenters. The molecule has 2 fully saturated rings. The van der Waals surface area contributed by atoms with Crippen molar-refractivity contribution in [3.8, 4) is 5.75 Å². The normalized spacial score (nSPS) is 32.0. The van der Waals surface area contributed by atoms with Crippen LogP contribution in [0.5, 0.6) is 5.75 Å². The fourth-order valence-corrected chi connectivity index (χ4v) is 9.32. The van der Waals surface area contributed by atoms with E-state index in [0.717, 1.165) is 61.7 Å². The predicted octanol–water partition coefficient (Wildman–Crippen LogP) is 5.71. The third-order valence-electron chi connectivity index (χ3n) is 10.8. The Balaban J connectivity index is 1.41. The molecular formula is C35H45ClN2O7S. The third kappa shape index (κ3) is 6.68. The number of ether oxygens (including phenoxy) is 3. The average molecular weight is 673 g/mol. The minimum Gasteiger partial charge on any atom is -0.487 e. The highest BCUT2D eigenvalue weighted by Crippen LogP contribution is 2.50. The Kier molecular flexibility index (Phi) is 9.99. The van der Waals surface area contributed by atoms with Gasteiger partial charge in [-0.05, 0) is 111 Å². The van der Waals surface area contributed by atoms with Crippen molar-refractivity contribution in [2.24, 2.45) is 17.8 Å². The zero-order valence-corrected chi connectivity index (χ0v) is 28.3. The Bertz CT molecular complexity index is 1550. The lowest BCUT2D eigenvalue weighted by Gasteiger charge is -2.54. The summed E-state index contributed by atoms with van der Waals surface area (Å²) < 4.78 is 48.2. The molecule has 250 valence electrons. The molecule has 3 heterocycles. The molecule has 2 aromatic rings. The molecule has 0 radical (unpaired) electrons. The number of amides is 1. The number of hydrogen-bond donors (Lipinski definition) is 1. The molecule has 1 saturated carbocycles. The quantitative estimate of drug-likeness (QED) is 0.384. The van der Waals surface area contributed by atoms with Gasteiger partial charge in [-0.15, -0.1) is 0 Å². The van der Waals surface area contributed by atoms with Gasteiger partial charge in [0.25, 0.3) is 5.91 Å². The fourth-order valence-electron chi connectivity index (χ4n) is 7.82. The third-order valence-corrected chi connectivity index (χ3v) is 13.0. The number of fused-ring (bicyclic) bond motifs is 4. The van der Waals surface area contributed by atoms with Crippen LogP contribution in [0.3, 0.4) is 0 Å². The Labute approximate surface area is 277 Å². The van der Waals surface area contributed by atoms with E-state index in [9.17, 15) is 18.0 Å². The molecule has 2 aromatic carbocycles. The standard InChI is InChI=1S/C35H45ClN2O7S/c1-23-6-5-14-35(33(21-39)43-16-17-45-35)30-12-9-27(30)20-38-15-4-3-7-25-18-29(36)11-8-28(25)22-44-32-13-10-26(19-31(32)38)34(40)37-46(41,42)24(23)2/h8,10-11,13,18-19,21,23-24,27,30,33H,3-7,9,12,14-17,20,22H2,1-2H3,(H,37,40)/t23-,24+,27-,30+,33-,35+/m0/s1. The van der Waals surface area contributed by atoms with Crippen LogP contribution in [0.15, 0.2) is 36.4 Å². The SMILES string of the molecule is C[C@@H]1[C@@H](C)CCC[C@@]2(OCCO[C@H]2C=O)[C@@H]2CC[C@H]2CN2CCCCc3cc(Cl)ccc3COc3ccc(cc32)C(=O)NS1(=O)=O. The maximum absolute atomic E-state index is 13.5. The van der Waals surface area contributed by atoms with E-state index in [0.29, 0.717) is 56.4 Å². The number of aryl methyl sites for hydroxylation is 1. The van der Waals surface area contributed by atoms with Gasteiger partial charge in [-0.3, -0.25) is 4.79 Å². The molecule has 46 heavy (non-hydrogen) atoms. The van der Waals surface area contributed by atoms with Gasteiger partial charge in [0, 0.05) is 23.7 Å². The molecule has 1 N–H and O–H groups in total. The summed E-state index contributed by atoms with van der Waals surface area (Å²) in [6, 6.07) is 11.0. The van der Waals surface area contributed by atoms with Crippen molar-refractivity contribution in [1.82, 2.24) is 4.72 Å². The number of anilines is 1. The number of carbonyl (C=O) groups is 2. The van der Waals surface area contributed by atoms with Crippen molar-refractivity contribution in [3.05, 3.63) is 58.1 Å². The summed E-state index contributed by atoms with van der Waals surface area (Å²) in [6.07, 6.45) is 6.74. The maximum Gasteiger partial charge on any atom is 0.264 e. The van der Waals surface area contributed by atoms with Gasteiger partial charge in [0.1, 0.15) is 24.1 Å². The number of carbonyl (C=O) groups excluding carboxylic acids is 2. The van der Waals surface area contributed by atoms with Gasteiger partial charge >= 0.3 is 0 Å². The van der Waals surface area contributed by atoms with Gasteiger partial charge in [-0.2, -0.15) is 0 Å². The Morgan fingerprint density at radius 3 is 2.65 bits per heavy atom. The minimum atomic E-state index is -3.96. The molecular weight excluding hydrogens is 628 g/mol. The van der Waals surface area contributed by atoms with Crippen LogP contribution in [-0.2, 0) is 37.3 Å². The zero-order valence-electron chi connectivity index (χ0n) is 26.7. The Morgan fingerprint density at radius 2 is 1.87 bits per heavy atom. The number of nitrogens with zero attached hydrogens (tertiary/aromatic N) is 1. The zero-order chi connectivity index (χ0) is 32.5. The topological polar surface area (TPSA) is 111 Å². The van der Waals surface area contributed by atoms with Crippen LogP contribution in [0.4, 0.5) is 5.69 Å². The van der Waals surface area contributed by atoms with E-state index in [2.05, 4.69) is 9.62 Å². The summed E-state index contributed by atoms with van der Waals surface area (Å²) in [7, 11) is -3.96. The molecule has 1 saturated heterocycles. The van der Waals surface area contributed by atoms with Crippen molar-refractivity contribution in [1.29, 1.82) is 0 Å². The van der Waals surface area contributed by atoms with Crippen LogP contribution < -0.4 is 14.4 Å². The lowest BCUT2D eigenvalue weighted by molar-refractivity contribution is -0.240. The van der Waals surface area contributed by atoms with Crippen molar-refractivity contribution in [2.45, 2.75) is 88.8 Å². The maximum atomic E-state index is 13.5. The van der Waals surface area contributed by atoms with E-state index in [-0.39, 0.29) is 23.3 Å². The molecule has 2 bridgehead atoms. The predicted molar refractivity (Wildman–Crippen MR) is 177 cm³/mol. The highest BCUT2D eigenvalue weighted by atomic mass is 35.5. The first kappa shape index (κ1) is 33.2. The molecule has 11 heteroatoms. The molecule has 3 aliphatic heterocycles. The van der Waals surface area contributed by atoms with E-state index >= 15 is 0 Å². The number of nitrogens with one attached hydrogen (secondary N) is 1. The second kappa shape index (κ2) is 13.8. The number of rotatable bonds is 1. The highest BCUT2D eigenvalue weighted by Gasteiger charge is 2.55. The summed E-state index contributed by atoms with van der Waals surface area (Å²) in [4.78, 5) is 28.2. The summed E-state index contributed by atoms with van der Waals surface area (Å²) in [5, 5.41) is -0.0997. The fraction of sp³-hybridized carbons (Fsp3) is 0.600. The van der Waals surface area contributed by atoms with Crippen LogP contribution in [0.25, 0.3) is 0 Å². The summed E-state index contributed by atoms with van der Waals surface area (Å²) in [5.41, 5.74) is 2.48. The monoisotopic (exact) mass is 672 g/mol. The van der Waals surface area contributed by atoms with E-state index in [4.69, 9.17) is 25.8 Å². The molecule has 1 aliphatic carbocycles. The number of hydrogen-bond acceptors (Lipinski definition) is 8. The molecule has 9 nitrogen and oxygen atoms in total. The van der Waals surface area contributed by atoms with Crippen molar-refractivity contribution < 1.29 is 32.2 Å². The summed E-state index contributed by atoms with van der Waals surface area (Å²) in [5.74, 6) is 0.0953. The van der Waals surface area contributed by atoms with Crippen molar-refractivity contribution in [2.75, 3.05) is 31.2 Å². The molecule has 4 aliphatic rings. The lowest BCUT2D eigenvalue weighted by Crippen LogP contribution is -2.62. The highest BCUT2D eigenvalue weighted by molar-refractivity contribution is 7.90. The number of benzene rings is 2. The van der Waals surface area contributed by atoms with Gasteiger partial charge < -0.3 is 23.9 Å². The number of halogens is 1. The molecule has 6 atom stereocenters. The molecule has 1 amide bonds. The largest absolute Gasteiger partial charge is 0.487 e. The van der Waals surface area contributed by atoms with Gasteiger partial charge in [-0.25, -0.2) is 13.1 Å². The first-order valence-electron chi connectivity index (χ1n) is 16.7. The molecule has 0 aromatic heterocycles. The minimum absolute atomic E-state index is 0.104. The van der Waals surface area contributed by atoms with E-state index < -0.39 is 32.9 Å². The van der Waals surface area contributed by atoms with Crippen LogP contribution >= 0.6 is 11.6 Å². The lowest BCUT2D eigenvalue weighted by atomic mass is 9.61. The van der Waals surface area contributed by atoms with Crippen molar-refractivity contribution >= 4 is 39.5 Å².